The summed E-state index contributed by atoms with van der Waals surface area (Å²) >= 11 is 0. The molecule has 0 unspecified atom stereocenters. The molecule has 1 aromatic heterocycles. The quantitative estimate of drug-likeness (QED) is 0.425. The Kier molecular flexibility index (Phi) is 7.31. The lowest BCUT2D eigenvalue weighted by atomic mass is 10.1. The second-order valence-corrected chi connectivity index (χ2v) is 9.47. The first-order valence-corrected chi connectivity index (χ1v) is 12.2. The number of nitrogens with zero attached hydrogens (tertiary/aromatic N) is 4. The minimum absolute atomic E-state index is 0.451. The van der Waals surface area contributed by atoms with Gasteiger partial charge >= 0.3 is 0 Å². The highest BCUT2D eigenvalue weighted by Gasteiger charge is 2.18. The third-order valence-corrected chi connectivity index (χ3v) is 6.84. The lowest BCUT2D eigenvalue weighted by Gasteiger charge is -2.37. The Morgan fingerprint density at radius 2 is 1.62 bits per heavy atom. The summed E-state index contributed by atoms with van der Waals surface area (Å²) in [6.07, 6.45) is 3.52. The molecule has 0 radical (unpaired) electrons. The van der Waals surface area contributed by atoms with Crippen molar-refractivity contribution in [3.63, 3.8) is 0 Å². The number of benzene rings is 2. The maximum atomic E-state index is 4.90. The number of rotatable bonds is 8. The van der Waals surface area contributed by atoms with Gasteiger partial charge in [0.2, 0.25) is 0 Å². The molecular weight excluding hydrogens is 392 g/mol. The first-order valence-electron chi connectivity index (χ1n) is 12.2. The van der Waals surface area contributed by atoms with E-state index in [1.807, 2.05) is 0 Å². The van der Waals surface area contributed by atoms with Gasteiger partial charge in [-0.2, -0.15) is 5.10 Å². The standard InChI is InChI=1S/C28H38N4/c1-22(2)27-21-26(32(29-27)25-12-6-5-7-13-25)14-8-9-16-30-17-19-31(20-18-30)28-15-10-11-23(3)24(28)4/h5-7,10-13,15,21-22H,8-9,14,16-20H2,1-4H3. The molecule has 0 spiro atoms. The van der Waals surface area contributed by atoms with Crippen molar-refractivity contribution in [2.45, 2.75) is 52.9 Å². The predicted molar refractivity (Wildman–Crippen MR) is 135 cm³/mol. The van der Waals surface area contributed by atoms with Crippen LogP contribution >= 0.6 is 0 Å². The van der Waals surface area contributed by atoms with E-state index >= 15 is 0 Å². The average Bonchev–Trinajstić information content (AvgIpc) is 3.24. The van der Waals surface area contributed by atoms with Gasteiger partial charge in [-0.15, -0.1) is 0 Å². The molecule has 2 aromatic carbocycles. The van der Waals surface area contributed by atoms with Crippen molar-refractivity contribution in [1.29, 1.82) is 0 Å². The first-order chi connectivity index (χ1) is 15.5. The normalized spacial score (nSPS) is 15.0. The number of anilines is 1. The lowest BCUT2D eigenvalue weighted by molar-refractivity contribution is 0.253. The van der Waals surface area contributed by atoms with Gasteiger partial charge in [0.1, 0.15) is 0 Å². The summed E-state index contributed by atoms with van der Waals surface area (Å²) in [4.78, 5) is 5.19. The summed E-state index contributed by atoms with van der Waals surface area (Å²) in [5.41, 5.74) is 7.92. The lowest BCUT2D eigenvalue weighted by Crippen LogP contribution is -2.46. The van der Waals surface area contributed by atoms with Crippen LogP contribution in [0.4, 0.5) is 5.69 Å². The Balaban J connectivity index is 1.28. The smallest absolute Gasteiger partial charge is 0.0657 e. The van der Waals surface area contributed by atoms with E-state index in [9.17, 15) is 0 Å². The topological polar surface area (TPSA) is 24.3 Å². The van der Waals surface area contributed by atoms with E-state index in [0.29, 0.717) is 5.92 Å². The van der Waals surface area contributed by atoms with E-state index in [4.69, 9.17) is 5.10 Å². The van der Waals surface area contributed by atoms with Gasteiger partial charge in [-0.1, -0.05) is 44.2 Å². The number of hydrogen-bond donors (Lipinski definition) is 0. The zero-order valence-electron chi connectivity index (χ0n) is 20.2. The Hall–Kier alpha value is -2.59. The number of hydrogen-bond acceptors (Lipinski definition) is 3. The average molecular weight is 431 g/mol. The predicted octanol–water partition coefficient (Wildman–Crippen LogP) is 5.76. The molecule has 0 N–H and O–H groups in total. The van der Waals surface area contributed by atoms with Crippen LogP contribution in [-0.4, -0.2) is 47.4 Å². The Morgan fingerprint density at radius 3 is 2.34 bits per heavy atom. The van der Waals surface area contributed by atoms with Crippen molar-refractivity contribution in [3.8, 4) is 5.69 Å². The van der Waals surface area contributed by atoms with E-state index in [1.165, 1.54) is 47.6 Å². The van der Waals surface area contributed by atoms with Crippen LogP contribution in [0, 0.1) is 13.8 Å². The number of aromatic nitrogens is 2. The summed E-state index contributed by atoms with van der Waals surface area (Å²) in [5, 5.41) is 4.90. The number of para-hydroxylation sites is 1. The molecule has 1 aliphatic heterocycles. The van der Waals surface area contributed by atoms with Crippen LogP contribution in [0.5, 0.6) is 0 Å². The van der Waals surface area contributed by atoms with Gasteiger partial charge in [0.15, 0.2) is 0 Å². The van der Waals surface area contributed by atoms with Crippen LogP contribution in [0.2, 0.25) is 0 Å². The van der Waals surface area contributed by atoms with Crippen LogP contribution in [0.25, 0.3) is 5.69 Å². The van der Waals surface area contributed by atoms with Gasteiger partial charge in [-0.05, 0) is 81.0 Å². The largest absolute Gasteiger partial charge is 0.369 e. The number of piperazine rings is 1. The second-order valence-electron chi connectivity index (χ2n) is 9.47. The van der Waals surface area contributed by atoms with Gasteiger partial charge in [-0.3, -0.25) is 4.90 Å². The summed E-state index contributed by atoms with van der Waals surface area (Å²) in [6, 6.07) is 19.5. The Bertz CT molecular complexity index is 998. The summed E-state index contributed by atoms with van der Waals surface area (Å²) in [7, 11) is 0. The minimum atomic E-state index is 0.451. The second kappa shape index (κ2) is 10.4. The van der Waals surface area contributed by atoms with Crippen molar-refractivity contribution in [3.05, 3.63) is 77.1 Å². The minimum Gasteiger partial charge on any atom is -0.369 e. The van der Waals surface area contributed by atoms with E-state index < -0.39 is 0 Å². The molecule has 1 saturated heterocycles. The van der Waals surface area contributed by atoms with Crippen molar-refractivity contribution in [1.82, 2.24) is 14.7 Å². The molecule has 0 aliphatic carbocycles. The first kappa shape index (κ1) is 22.6. The molecule has 0 saturated carbocycles. The monoisotopic (exact) mass is 430 g/mol. The van der Waals surface area contributed by atoms with Gasteiger partial charge in [-0.25, -0.2) is 4.68 Å². The zero-order chi connectivity index (χ0) is 22.5. The Labute approximate surface area is 193 Å². The molecule has 2 heterocycles. The fraction of sp³-hybridized carbons (Fsp3) is 0.464. The highest BCUT2D eigenvalue weighted by molar-refractivity contribution is 5.56. The maximum Gasteiger partial charge on any atom is 0.0657 e. The third-order valence-electron chi connectivity index (χ3n) is 6.84. The van der Waals surface area contributed by atoms with Crippen molar-refractivity contribution >= 4 is 5.69 Å². The molecule has 4 rings (SSSR count). The van der Waals surface area contributed by atoms with Gasteiger partial charge in [0.25, 0.3) is 0 Å². The number of unbranched alkanes of at least 4 members (excludes halogenated alkanes) is 1. The maximum absolute atomic E-state index is 4.90. The van der Waals surface area contributed by atoms with Crippen LogP contribution in [0.3, 0.4) is 0 Å². The van der Waals surface area contributed by atoms with Gasteiger partial charge < -0.3 is 4.90 Å². The molecule has 170 valence electrons. The van der Waals surface area contributed by atoms with Crippen LogP contribution in [0.1, 0.15) is 55.1 Å². The van der Waals surface area contributed by atoms with E-state index in [1.54, 1.807) is 0 Å². The third kappa shape index (κ3) is 5.24. The highest BCUT2D eigenvalue weighted by Crippen LogP contribution is 2.24. The molecule has 1 aliphatic rings. The van der Waals surface area contributed by atoms with E-state index in [0.717, 1.165) is 38.3 Å². The van der Waals surface area contributed by atoms with Crippen LogP contribution in [-0.2, 0) is 6.42 Å². The highest BCUT2D eigenvalue weighted by atomic mass is 15.3. The SMILES string of the molecule is Cc1cccc(N2CCN(CCCCc3cc(C(C)C)nn3-c3ccccc3)CC2)c1C. The summed E-state index contributed by atoms with van der Waals surface area (Å²) in [5.74, 6) is 0.451. The molecule has 32 heavy (non-hydrogen) atoms. The van der Waals surface area contributed by atoms with E-state index in [2.05, 4.69) is 96.8 Å². The molecule has 0 amide bonds. The fourth-order valence-electron chi connectivity index (χ4n) is 4.63. The van der Waals surface area contributed by atoms with Gasteiger partial charge in [0.05, 0.1) is 11.4 Å². The molecule has 1 fully saturated rings. The summed E-state index contributed by atoms with van der Waals surface area (Å²) < 4.78 is 2.15. The zero-order valence-corrected chi connectivity index (χ0v) is 20.2. The number of aryl methyl sites for hydroxylation is 2. The fourth-order valence-corrected chi connectivity index (χ4v) is 4.63. The van der Waals surface area contributed by atoms with E-state index in [-0.39, 0.29) is 0 Å². The van der Waals surface area contributed by atoms with Crippen LogP contribution in [0.15, 0.2) is 54.6 Å². The van der Waals surface area contributed by atoms with Crippen molar-refractivity contribution in [2.24, 2.45) is 0 Å². The molecule has 4 nitrogen and oxygen atoms in total. The Morgan fingerprint density at radius 1 is 0.875 bits per heavy atom. The molecular formula is C28H38N4. The molecule has 3 aromatic rings. The van der Waals surface area contributed by atoms with Crippen molar-refractivity contribution < 1.29 is 0 Å². The molecule has 0 bridgehead atoms. The van der Waals surface area contributed by atoms with Crippen LogP contribution < -0.4 is 4.90 Å². The van der Waals surface area contributed by atoms with Crippen molar-refractivity contribution in [2.75, 3.05) is 37.6 Å². The molecule has 0 atom stereocenters. The summed E-state index contributed by atoms with van der Waals surface area (Å²) in [6.45, 7) is 14.7. The molecule has 4 heteroatoms. The van der Waals surface area contributed by atoms with Gasteiger partial charge in [0, 0.05) is 37.6 Å².